The first-order valence-corrected chi connectivity index (χ1v) is 6.70. The van der Waals surface area contributed by atoms with Gasteiger partial charge in [0.1, 0.15) is 0 Å². The fraction of sp³-hybridized carbons (Fsp3) is 0.600. The van der Waals surface area contributed by atoms with Crippen LogP contribution in [0.3, 0.4) is 0 Å². The zero-order valence-electron chi connectivity index (χ0n) is 11.2. The van der Waals surface area contributed by atoms with Crippen LogP contribution in [-0.2, 0) is 0 Å². The lowest BCUT2D eigenvalue weighted by atomic mass is 9.91. The summed E-state index contributed by atoms with van der Waals surface area (Å²) in [7, 11) is 2.07. The van der Waals surface area contributed by atoms with E-state index in [-0.39, 0.29) is 0 Å². The van der Waals surface area contributed by atoms with Crippen LogP contribution in [0.5, 0.6) is 0 Å². The average Bonchev–Trinajstić information content (AvgIpc) is 2.36. The van der Waals surface area contributed by atoms with Crippen LogP contribution in [0.2, 0.25) is 0 Å². The molecule has 0 aliphatic heterocycles. The molecular weight excluding hydrogens is 208 g/mol. The lowest BCUT2D eigenvalue weighted by Gasteiger charge is -2.30. The van der Waals surface area contributed by atoms with Crippen LogP contribution < -0.4 is 10.6 Å². The summed E-state index contributed by atoms with van der Waals surface area (Å²) in [6, 6.07) is 7.90. The largest absolute Gasteiger partial charge is 0.382 e. The predicted octanol–water partition coefficient (Wildman–Crippen LogP) is 3.25. The highest BCUT2D eigenvalue weighted by Crippen LogP contribution is 2.25. The summed E-state index contributed by atoms with van der Waals surface area (Å²) in [5, 5.41) is 7.09. The van der Waals surface area contributed by atoms with Crippen molar-refractivity contribution in [2.24, 2.45) is 0 Å². The molecule has 1 aliphatic rings. The SMILES string of the molecule is CNC1CCC(Nc2cccc(C)c2C)CC1. The van der Waals surface area contributed by atoms with E-state index in [0.29, 0.717) is 6.04 Å². The summed E-state index contributed by atoms with van der Waals surface area (Å²) >= 11 is 0. The monoisotopic (exact) mass is 232 g/mol. The van der Waals surface area contributed by atoms with Crippen LogP contribution in [0.15, 0.2) is 18.2 Å². The van der Waals surface area contributed by atoms with Crippen LogP contribution in [0, 0.1) is 13.8 Å². The third kappa shape index (κ3) is 3.01. The number of nitrogens with one attached hydrogen (secondary N) is 2. The summed E-state index contributed by atoms with van der Waals surface area (Å²) < 4.78 is 0. The van der Waals surface area contributed by atoms with E-state index in [0.717, 1.165) is 6.04 Å². The van der Waals surface area contributed by atoms with Gasteiger partial charge in [0.2, 0.25) is 0 Å². The van der Waals surface area contributed by atoms with Crippen molar-refractivity contribution in [1.82, 2.24) is 5.32 Å². The second-order valence-corrected chi connectivity index (χ2v) is 5.23. The third-order valence-corrected chi connectivity index (χ3v) is 4.10. The Bertz CT molecular complexity index is 365. The highest BCUT2D eigenvalue weighted by molar-refractivity contribution is 5.54. The zero-order valence-corrected chi connectivity index (χ0v) is 11.2. The molecule has 0 spiro atoms. The van der Waals surface area contributed by atoms with E-state index in [1.54, 1.807) is 0 Å². The zero-order chi connectivity index (χ0) is 12.3. The molecule has 1 aromatic rings. The Morgan fingerprint density at radius 1 is 1.00 bits per heavy atom. The lowest BCUT2D eigenvalue weighted by molar-refractivity contribution is 0.371. The first kappa shape index (κ1) is 12.4. The maximum atomic E-state index is 3.71. The van der Waals surface area contributed by atoms with Gasteiger partial charge in [-0.25, -0.2) is 0 Å². The Hall–Kier alpha value is -1.02. The van der Waals surface area contributed by atoms with Gasteiger partial charge in [-0.2, -0.15) is 0 Å². The van der Waals surface area contributed by atoms with Gasteiger partial charge in [0.25, 0.3) is 0 Å². The smallest absolute Gasteiger partial charge is 0.0374 e. The molecule has 1 saturated carbocycles. The van der Waals surface area contributed by atoms with Crippen molar-refractivity contribution in [1.29, 1.82) is 0 Å². The van der Waals surface area contributed by atoms with E-state index in [1.165, 1.54) is 42.5 Å². The van der Waals surface area contributed by atoms with E-state index in [9.17, 15) is 0 Å². The molecule has 0 saturated heterocycles. The fourth-order valence-electron chi connectivity index (χ4n) is 2.65. The topological polar surface area (TPSA) is 24.1 Å². The molecule has 0 atom stereocenters. The molecular formula is C15H24N2. The summed E-state index contributed by atoms with van der Waals surface area (Å²) in [6.07, 6.45) is 5.13. The summed E-state index contributed by atoms with van der Waals surface area (Å²) in [5.74, 6) is 0. The Morgan fingerprint density at radius 2 is 1.65 bits per heavy atom. The van der Waals surface area contributed by atoms with Gasteiger partial charge in [-0.05, 0) is 63.8 Å². The molecule has 2 N–H and O–H groups in total. The molecule has 0 aromatic heterocycles. The number of aryl methyl sites for hydroxylation is 1. The summed E-state index contributed by atoms with van der Waals surface area (Å²) in [6.45, 7) is 4.38. The minimum Gasteiger partial charge on any atom is -0.382 e. The Kier molecular flexibility index (Phi) is 4.06. The van der Waals surface area contributed by atoms with Crippen LogP contribution >= 0.6 is 0 Å². The molecule has 2 nitrogen and oxygen atoms in total. The second kappa shape index (κ2) is 5.54. The molecule has 17 heavy (non-hydrogen) atoms. The van der Waals surface area contributed by atoms with Gasteiger partial charge in [0, 0.05) is 17.8 Å². The first-order valence-electron chi connectivity index (χ1n) is 6.70. The molecule has 2 heteroatoms. The second-order valence-electron chi connectivity index (χ2n) is 5.23. The van der Waals surface area contributed by atoms with Crippen molar-refractivity contribution in [3.8, 4) is 0 Å². The van der Waals surface area contributed by atoms with E-state index in [2.05, 4.69) is 49.7 Å². The molecule has 0 bridgehead atoms. The van der Waals surface area contributed by atoms with Gasteiger partial charge >= 0.3 is 0 Å². The van der Waals surface area contributed by atoms with Gasteiger partial charge in [-0.15, -0.1) is 0 Å². The van der Waals surface area contributed by atoms with Gasteiger partial charge in [-0.1, -0.05) is 12.1 Å². The van der Waals surface area contributed by atoms with Crippen molar-refractivity contribution in [3.05, 3.63) is 29.3 Å². The summed E-state index contributed by atoms with van der Waals surface area (Å²) in [5.41, 5.74) is 4.08. The van der Waals surface area contributed by atoms with Crippen LogP contribution in [0.1, 0.15) is 36.8 Å². The summed E-state index contributed by atoms with van der Waals surface area (Å²) in [4.78, 5) is 0. The Balaban J connectivity index is 1.95. The highest BCUT2D eigenvalue weighted by Gasteiger charge is 2.19. The van der Waals surface area contributed by atoms with Gasteiger partial charge in [-0.3, -0.25) is 0 Å². The maximum absolute atomic E-state index is 3.71. The van der Waals surface area contributed by atoms with E-state index in [4.69, 9.17) is 0 Å². The van der Waals surface area contributed by atoms with Gasteiger partial charge < -0.3 is 10.6 Å². The standard InChI is InChI=1S/C15H24N2/c1-11-5-4-6-15(12(11)2)17-14-9-7-13(16-3)8-10-14/h4-6,13-14,16-17H,7-10H2,1-3H3. The maximum Gasteiger partial charge on any atom is 0.0374 e. The van der Waals surface area contributed by atoms with Crippen LogP contribution in [-0.4, -0.2) is 19.1 Å². The van der Waals surface area contributed by atoms with Crippen molar-refractivity contribution < 1.29 is 0 Å². The fourth-order valence-corrected chi connectivity index (χ4v) is 2.65. The number of anilines is 1. The molecule has 0 unspecified atom stereocenters. The van der Waals surface area contributed by atoms with Crippen molar-refractivity contribution in [3.63, 3.8) is 0 Å². The van der Waals surface area contributed by atoms with Crippen molar-refractivity contribution >= 4 is 5.69 Å². The molecule has 1 aromatic carbocycles. The normalized spacial score (nSPS) is 24.6. The average molecular weight is 232 g/mol. The van der Waals surface area contributed by atoms with Gasteiger partial charge in [0.05, 0.1) is 0 Å². The number of benzene rings is 1. The molecule has 0 radical (unpaired) electrons. The lowest BCUT2D eigenvalue weighted by Crippen LogP contribution is -2.35. The molecule has 94 valence electrons. The minimum absolute atomic E-state index is 0.653. The van der Waals surface area contributed by atoms with E-state index in [1.807, 2.05) is 0 Å². The van der Waals surface area contributed by atoms with Crippen molar-refractivity contribution in [2.75, 3.05) is 12.4 Å². The molecule has 2 rings (SSSR count). The first-order chi connectivity index (χ1) is 8.20. The van der Waals surface area contributed by atoms with E-state index < -0.39 is 0 Å². The highest BCUT2D eigenvalue weighted by atomic mass is 14.9. The molecule has 0 heterocycles. The number of rotatable bonds is 3. The minimum atomic E-state index is 0.653. The number of hydrogen-bond acceptors (Lipinski definition) is 2. The number of hydrogen-bond donors (Lipinski definition) is 2. The third-order valence-electron chi connectivity index (χ3n) is 4.10. The predicted molar refractivity (Wildman–Crippen MR) is 74.6 cm³/mol. The Morgan fingerprint density at radius 3 is 2.29 bits per heavy atom. The van der Waals surface area contributed by atoms with Crippen LogP contribution in [0.4, 0.5) is 5.69 Å². The molecule has 0 amide bonds. The van der Waals surface area contributed by atoms with Crippen LogP contribution in [0.25, 0.3) is 0 Å². The molecule has 1 fully saturated rings. The Labute approximate surface area is 105 Å². The molecule has 1 aliphatic carbocycles. The van der Waals surface area contributed by atoms with Gasteiger partial charge in [0.15, 0.2) is 0 Å². The van der Waals surface area contributed by atoms with E-state index >= 15 is 0 Å². The van der Waals surface area contributed by atoms with Crippen molar-refractivity contribution in [2.45, 2.75) is 51.6 Å². The quantitative estimate of drug-likeness (QED) is 0.836.